The minimum atomic E-state index is 0.365. The minimum absolute atomic E-state index is 0.365. The summed E-state index contributed by atoms with van der Waals surface area (Å²) in [5, 5.41) is 7.36. The Morgan fingerprint density at radius 3 is 2.25 bits per heavy atom. The van der Waals surface area contributed by atoms with Gasteiger partial charge in [0.25, 0.3) is 0 Å². The van der Waals surface area contributed by atoms with E-state index < -0.39 is 0 Å². The Kier molecular flexibility index (Phi) is 5.89. The minimum Gasteiger partial charge on any atom is -0.486 e. The van der Waals surface area contributed by atoms with Crippen LogP contribution in [0.15, 0.2) is 109 Å². The van der Waals surface area contributed by atoms with E-state index in [1.807, 2.05) is 83.4 Å². The van der Waals surface area contributed by atoms with Crippen molar-refractivity contribution in [3.05, 3.63) is 125 Å². The highest BCUT2D eigenvalue weighted by molar-refractivity contribution is 7.71. The van der Waals surface area contributed by atoms with Crippen molar-refractivity contribution in [3.63, 3.8) is 0 Å². The molecule has 1 N–H and O–H groups in total. The molecule has 0 fully saturated rings. The van der Waals surface area contributed by atoms with Gasteiger partial charge in [-0.15, -0.1) is 0 Å². The van der Waals surface area contributed by atoms with Crippen LogP contribution < -0.4 is 4.74 Å². The Morgan fingerprint density at radius 2 is 1.47 bits per heavy atom. The molecule has 4 aromatic carbocycles. The quantitative estimate of drug-likeness (QED) is 0.258. The van der Waals surface area contributed by atoms with Crippen LogP contribution in [0.2, 0.25) is 0 Å². The molecular formula is C29H23N5OS. The van der Waals surface area contributed by atoms with Crippen LogP contribution in [-0.2, 0) is 13.2 Å². The molecule has 0 unspecified atom stereocenters. The molecule has 176 valence electrons. The molecule has 0 saturated heterocycles. The molecule has 0 bridgehead atoms. The lowest BCUT2D eigenvalue weighted by molar-refractivity contribution is 0.291. The van der Waals surface area contributed by atoms with Gasteiger partial charge in [-0.25, -0.2) is 4.98 Å². The average molecular weight is 490 g/mol. The molecule has 0 aliphatic rings. The van der Waals surface area contributed by atoms with E-state index in [1.165, 1.54) is 5.56 Å². The zero-order chi connectivity index (χ0) is 24.3. The number of imidazole rings is 1. The molecule has 6 aromatic rings. The van der Waals surface area contributed by atoms with Crippen molar-refractivity contribution in [2.24, 2.45) is 0 Å². The lowest BCUT2D eigenvalue weighted by Gasteiger charge is -2.11. The molecule has 0 spiro atoms. The number of fused-ring (bicyclic) bond motifs is 1. The van der Waals surface area contributed by atoms with Gasteiger partial charge in [0.1, 0.15) is 18.2 Å². The van der Waals surface area contributed by atoms with Crippen molar-refractivity contribution in [1.29, 1.82) is 0 Å². The summed E-state index contributed by atoms with van der Waals surface area (Å²) in [5.41, 5.74) is 5.18. The monoisotopic (exact) mass is 489 g/mol. The second-order valence-corrected chi connectivity index (χ2v) is 8.81. The fourth-order valence-electron chi connectivity index (χ4n) is 4.33. The first kappa shape index (κ1) is 22.0. The number of hydrogen-bond acceptors (Lipinski definition) is 4. The highest BCUT2D eigenvalue weighted by Gasteiger charge is 2.13. The van der Waals surface area contributed by atoms with Crippen molar-refractivity contribution < 1.29 is 4.74 Å². The third-order valence-corrected chi connectivity index (χ3v) is 6.36. The van der Waals surface area contributed by atoms with Gasteiger partial charge in [0, 0.05) is 17.8 Å². The van der Waals surface area contributed by atoms with Crippen molar-refractivity contribution in [2.45, 2.75) is 13.2 Å². The second-order valence-electron chi connectivity index (χ2n) is 8.42. The normalized spacial score (nSPS) is 11.1. The molecule has 0 radical (unpaired) electrons. The maximum atomic E-state index is 6.17. The third-order valence-electron chi connectivity index (χ3n) is 6.08. The first-order valence-electron chi connectivity index (χ1n) is 11.7. The first-order chi connectivity index (χ1) is 17.8. The molecule has 0 amide bonds. The number of aromatic amines is 1. The van der Waals surface area contributed by atoms with E-state index in [9.17, 15) is 0 Å². The van der Waals surface area contributed by atoms with E-state index >= 15 is 0 Å². The Hall–Kier alpha value is -4.49. The molecule has 0 saturated carbocycles. The number of rotatable bonds is 7. The SMILES string of the molecule is S=c1[nH]nc(-c2ccc(OCc3nc4ccccc4n3Cc3ccccc3)cc2)n1-c1ccccc1. The van der Waals surface area contributed by atoms with Crippen LogP contribution in [0.3, 0.4) is 0 Å². The molecule has 6 rings (SSSR count). The summed E-state index contributed by atoms with van der Waals surface area (Å²) in [6, 6.07) is 36.4. The maximum absolute atomic E-state index is 6.17. The zero-order valence-electron chi connectivity index (χ0n) is 19.4. The van der Waals surface area contributed by atoms with Crippen LogP contribution in [0.5, 0.6) is 5.75 Å². The van der Waals surface area contributed by atoms with Gasteiger partial charge in [-0.05, 0) is 66.3 Å². The molecule has 6 nitrogen and oxygen atoms in total. The number of ether oxygens (including phenoxy) is 1. The molecule has 0 aliphatic heterocycles. The van der Waals surface area contributed by atoms with E-state index in [-0.39, 0.29) is 0 Å². The molecular weight excluding hydrogens is 466 g/mol. The average Bonchev–Trinajstić information content (AvgIpc) is 3.49. The summed E-state index contributed by atoms with van der Waals surface area (Å²) in [5.74, 6) is 2.40. The van der Waals surface area contributed by atoms with Crippen molar-refractivity contribution in [3.8, 4) is 22.8 Å². The zero-order valence-corrected chi connectivity index (χ0v) is 20.2. The van der Waals surface area contributed by atoms with Crippen molar-refractivity contribution >= 4 is 23.3 Å². The summed E-state index contributed by atoms with van der Waals surface area (Å²) in [4.78, 5) is 4.85. The first-order valence-corrected chi connectivity index (χ1v) is 12.1. The van der Waals surface area contributed by atoms with Gasteiger partial charge < -0.3 is 9.30 Å². The maximum Gasteiger partial charge on any atom is 0.200 e. The van der Waals surface area contributed by atoms with Crippen LogP contribution in [0.25, 0.3) is 28.1 Å². The number of benzene rings is 4. The van der Waals surface area contributed by atoms with Crippen LogP contribution in [0.4, 0.5) is 0 Å². The summed E-state index contributed by atoms with van der Waals surface area (Å²) < 4.78 is 10.9. The number of nitrogens with zero attached hydrogens (tertiary/aromatic N) is 4. The van der Waals surface area contributed by atoms with E-state index in [1.54, 1.807) is 0 Å². The smallest absolute Gasteiger partial charge is 0.200 e. The van der Waals surface area contributed by atoms with Crippen molar-refractivity contribution in [2.75, 3.05) is 0 Å². The molecule has 0 aliphatic carbocycles. The largest absolute Gasteiger partial charge is 0.486 e. The van der Waals surface area contributed by atoms with Crippen LogP contribution >= 0.6 is 12.2 Å². The van der Waals surface area contributed by atoms with Gasteiger partial charge in [0.2, 0.25) is 0 Å². The molecule has 36 heavy (non-hydrogen) atoms. The lowest BCUT2D eigenvalue weighted by atomic mass is 10.2. The second kappa shape index (κ2) is 9.64. The fraction of sp³-hybridized carbons (Fsp3) is 0.0690. The molecule has 0 atom stereocenters. The fourth-order valence-corrected chi connectivity index (χ4v) is 4.57. The highest BCUT2D eigenvalue weighted by atomic mass is 32.1. The summed E-state index contributed by atoms with van der Waals surface area (Å²) in [6.07, 6.45) is 0. The van der Waals surface area contributed by atoms with Crippen molar-refractivity contribution in [1.82, 2.24) is 24.3 Å². The number of H-pyrrole nitrogens is 1. The molecule has 7 heteroatoms. The van der Waals surface area contributed by atoms with Crippen LogP contribution in [0.1, 0.15) is 11.4 Å². The Bertz CT molecular complexity index is 1670. The van der Waals surface area contributed by atoms with Crippen LogP contribution in [0, 0.1) is 4.77 Å². The lowest BCUT2D eigenvalue weighted by Crippen LogP contribution is -2.08. The number of para-hydroxylation sites is 3. The van der Waals surface area contributed by atoms with E-state index in [4.69, 9.17) is 21.9 Å². The summed E-state index contributed by atoms with van der Waals surface area (Å²) in [7, 11) is 0. The Labute approximate surface area is 213 Å². The third kappa shape index (κ3) is 4.32. The predicted molar refractivity (Wildman–Crippen MR) is 144 cm³/mol. The van der Waals surface area contributed by atoms with E-state index in [2.05, 4.69) is 45.1 Å². The van der Waals surface area contributed by atoms with Crippen LogP contribution in [-0.4, -0.2) is 24.3 Å². The Morgan fingerprint density at radius 1 is 0.778 bits per heavy atom. The number of hydrogen-bond donors (Lipinski definition) is 1. The van der Waals surface area contributed by atoms with Gasteiger partial charge in [-0.1, -0.05) is 60.7 Å². The van der Waals surface area contributed by atoms with E-state index in [0.717, 1.165) is 46.2 Å². The number of aromatic nitrogens is 5. The van der Waals surface area contributed by atoms with Gasteiger partial charge >= 0.3 is 0 Å². The standard InChI is InChI=1S/C29H23N5OS/c36-29-32-31-28(34(29)23-11-5-2-6-12-23)22-15-17-24(18-16-22)35-20-27-30-25-13-7-8-14-26(25)33(27)19-21-9-3-1-4-10-21/h1-18H,19-20H2,(H,32,36). The van der Waals surface area contributed by atoms with Gasteiger partial charge in [0.15, 0.2) is 10.6 Å². The predicted octanol–water partition coefficient (Wildman–Crippen LogP) is 6.57. The molecule has 2 aromatic heterocycles. The van der Waals surface area contributed by atoms with E-state index in [0.29, 0.717) is 11.4 Å². The van der Waals surface area contributed by atoms with Gasteiger partial charge in [0.05, 0.1) is 11.0 Å². The summed E-state index contributed by atoms with van der Waals surface area (Å²) >= 11 is 5.47. The number of nitrogens with one attached hydrogen (secondary N) is 1. The topological polar surface area (TPSA) is 60.7 Å². The van der Waals surface area contributed by atoms with Gasteiger partial charge in [-0.2, -0.15) is 5.10 Å². The summed E-state index contributed by atoms with van der Waals surface area (Å²) in [6.45, 7) is 1.10. The molecule has 2 heterocycles. The van der Waals surface area contributed by atoms with Gasteiger partial charge in [-0.3, -0.25) is 9.67 Å². The highest BCUT2D eigenvalue weighted by Crippen LogP contribution is 2.25. The Balaban J connectivity index is 1.25.